The number of allylic oxidation sites excluding steroid dienone is 1. The van der Waals surface area contributed by atoms with Gasteiger partial charge in [-0.25, -0.2) is 0 Å². The molecule has 0 bridgehead atoms. The van der Waals surface area contributed by atoms with E-state index >= 15 is 0 Å². The summed E-state index contributed by atoms with van der Waals surface area (Å²) in [6.45, 7) is 8.11. The Hall–Kier alpha value is -0.340. The number of rotatable bonds is 5. The molecule has 1 aliphatic rings. The van der Waals surface area contributed by atoms with Crippen LogP contribution in [0.15, 0.2) is 11.6 Å². The fourth-order valence-electron chi connectivity index (χ4n) is 2.36. The molecule has 0 saturated heterocycles. The number of ether oxygens (including phenoxy) is 1. The average molecular weight is 212 g/mol. The predicted octanol–water partition coefficient (Wildman–Crippen LogP) is 2.91. The van der Waals surface area contributed by atoms with Crippen molar-refractivity contribution in [3.8, 4) is 0 Å². The molecular weight excluding hydrogens is 188 g/mol. The molecule has 0 radical (unpaired) electrons. The molecule has 2 nitrogen and oxygen atoms in total. The molecular formula is C13H24O2. The number of hydrogen-bond donors (Lipinski definition) is 1. The van der Waals surface area contributed by atoms with Crippen LogP contribution in [0.1, 0.15) is 46.5 Å². The second-order valence-electron chi connectivity index (χ2n) is 5.24. The van der Waals surface area contributed by atoms with Gasteiger partial charge in [-0.15, -0.1) is 0 Å². The van der Waals surface area contributed by atoms with Gasteiger partial charge < -0.3 is 9.84 Å². The van der Waals surface area contributed by atoms with Crippen LogP contribution in [0.4, 0.5) is 0 Å². The lowest BCUT2D eigenvalue weighted by atomic mass is 9.75. The minimum atomic E-state index is -0.240. The van der Waals surface area contributed by atoms with Crippen molar-refractivity contribution in [1.82, 2.24) is 0 Å². The molecule has 1 N–H and O–H groups in total. The van der Waals surface area contributed by atoms with Crippen LogP contribution in [0.3, 0.4) is 0 Å². The highest BCUT2D eigenvalue weighted by molar-refractivity contribution is 5.12. The molecule has 0 heterocycles. The van der Waals surface area contributed by atoms with Gasteiger partial charge in [0.25, 0.3) is 0 Å². The van der Waals surface area contributed by atoms with Crippen LogP contribution in [0, 0.1) is 5.41 Å². The Balaban J connectivity index is 2.34. The van der Waals surface area contributed by atoms with Crippen LogP contribution in [-0.4, -0.2) is 24.4 Å². The van der Waals surface area contributed by atoms with Crippen LogP contribution in [0.5, 0.6) is 0 Å². The van der Waals surface area contributed by atoms with Gasteiger partial charge in [-0.1, -0.05) is 25.5 Å². The molecule has 0 aromatic carbocycles. The summed E-state index contributed by atoms with van der Waals surface area (Å²) in [5, 5.41) is 9.71. The maximum absolute atomic E-state index is 9.71. The molecule has 1 unspecified atom stereocenters. The normalized spacial score (nSPS) is 25.1. The highest BCUT2D eigenvalue weighted by Crippen LogP contribution is 2.36. The summed E-state index contributed by atoms with van der Waals surface area (Å²) in [5.41, 5.74) is 1.66. The molecule has 0 saturated carbocycles. The maximum atomic E-state index is 9.71. The second-order valence-corrected chi connectivity index (χ2v) is 5.24. The lowest BCUT2D eigenvalue weighted by Gasteiger charge is -2.32. The van der Waals surface area contributed by atoms with E-state index in [2.05, 4.69) is 13.8 Å². The third-order valence-corrected chi connectivity index (χ3v) is 2.89. The van der Waals surface area contributed by atoms with Crippen molar-refractivity contribution in [1.29, 1.82) is 0 Å². The number of hydrogen-bond acceptors (Lipinski definition) is 2. The summed E-state index contributed by atoms with van der Waals surface area (Å²) >= 11 is 0. The molecule has 1 atom stereocenters. The molecule has 1 rings (SSSR count). The van der Waals surface area contributed by atoms with Gasteiger partial charge in [0.15, 0.2) is 0 Å². The van der Waals surface area contributed by atoms with E-state index in [-0.39, 0.29) is 11.5 Å². The molecule has 88 valence electrons. The Kier molecular flexibility index (Phi) is 4.81. The Morgan fingerprint density at radius 2 is 2.27 bits per heavy atom. The molecule has 0 aliphatic heterocycles. The molecule has 0 amide bonds. The lowest BCUT2D eigenvalue weighted by Crippen LogP contribution is -2.25. The van der Waals surface area contributed by atoms with Crippen LogP contribution in [0.25, 0.3) is 0 Å². The van der Waals surface area contributed by atoms with Gasteiger partial charge >= 0.3 is 0 Å². The standard InChI is InChI=1S/C13H24O2/c1-4-15-7-5-6-11-8-12(14)10-13(2,3)9-11/h8,12,14H,4-7,9-10H2,1-3H3. The van der Waals surface area contributed by atoms with Gasteiger partial charge in [0.05, 0.1) is 6.10 Å². The van der Waals surface area contributed by atoms with E-state index in [0.29, 0.717) is 0 Å². The molecule has 0 aromatic rings. The number of aliphatic hydroxyl groups excluding tert-OH is 1. The topological polar surface area (TPSA) is 29.5 Å². The summed E-state index contributed by atoms with van der Waals surface area (Å²) in [7, 11) is 0. The molecule has 0 spiro atoms. The number of aliphatic hydroxyl groups is 1. The first kappa shape index (κ1) is 12.7. The lowest BCUT2D eigenvalue weighted by molar-refractivity contribution is 0.131. The zero-order chi connectivity index (χ0) is 11.3. The quantitative estimate of drug-likeness (QED) is 0.561. The van der Waals surface area contributed by atoms with Crippen molar-refractivity contribution in [3.05, 3.63) is 11.6 Å². The SMILES string of the molecule is CCOCCCC1=CC(O)CC(C)(C)C1. The molecule has 15 heavy (non-hydrogen) atoms. The van der Waals surface area contributed by atoms with E-state index in [1.165, 1.54) is 5.57 Å². The van der Waals surface area contributed by atoms with Crippen molar-refractivity contribution >= 4 is 0 Å². The van der Waals surface area contributed by atoms with Crippen molar-refractivity contribution in [2.24, 2.45) is 5.41 Å². The van der Waals surface area contributed by atoms with E-state index in [4.69, 9.17) is 4.74 Å². The van der Waals surface area contributed by atoms with E-state index in [1.807, 2.05) is 13.0 Å². The highest BCUT2D eigenvalue weighted by Gasteiger charge is 2.27. The summed E-state index contributed by atoms with van der Waals surface area (Å²) < 4.78 is 5.31. The minimum Gasteiger partial charge on any atom is -0.389 e. The third kappa shape index (κ3) is 4.80. The smallest absolute Gasteiger partial charge is 0.0728 e. The monoisotopic (exact) mass is 212 g/mol. The van der Waals surface area contributed by atoms with Crippen LogP contribution >= 0.6 is 0 Å². The van der Waals surface area contributed by atoms with Crippen LogP contribution in [0.2, 0.25) is 0 Å². The van der Waals surface area contributed by atoms with Crippen molar-refractivity contribution in [3.63, 3.8) is 0 Å². The van der Waals surface area contributed by atoms with E-state index in [9.17, 15) is 5.11 Å². The summed E-state index contributed by atoms with van der Waals surface area (Å²) in [5.74, 6) is 0. The first-order chi connectivity index (χ1) is 7.03. The summed E-state index contributed by atoms with van der Waals surface area (Å²) in [6.07, 6.45) is 5.95. The van der Waals surface area contributed by atoms with Crippen LogP contribution in [-0.2, 0) is 4.74 Å². The van der Waals surface area contributed by atoms with Gasteiger partial charge in [0.1, 0.15) is 0 Å². The first-order valence-corrected chi connectivity index (χ1v) is 5.99. The molecule has 2 heteroatoms. The van der Waals surface area contributed by atoms with Crippen molar-refractivity contribution < 1.29 is 9.84 Å². The van der Waals surface area contributed by atoms with Gasteiger partial charge in [-0.2, -0.15) is 0 Å². The van der Waals surface area contributed by atoms with Gasteiger partial charge in [0, 0.05) is 13.2 Å². The Morgan fingerprint density at radius 1 is 1.53 bits per heavy atom. The fraction of sp³-hybridized carbons (Fsp3) is 0.846. The third-order valence-electron chi connectivity index (χ3n) is 2.89. The fourth-order valence-corrected chi connectivity index (χ4v) is 2.36. The molecule has 1 aliphatic carbocycles. The predicted molar refractivity (Wildman–Crippen MR) is 62.8 cm³/mol. The zero-order valence-corrected chi connectivity index (χ0v) is 10.3. The highest BCUT2D eigenvalue weighted by atomic mass is 16.5. The van der Waals surface area contributed by atoms with Crippen molar-refractivity contribution in [2.75, 3.05) is 13.2 Å². The average Bonchev–Trinajstić information content (AvgIpc) is 2.09. The van der Waals surface area contributed by atoms with Gasteiger partial charge in [-0.3, -0.25) is 0 Å². The summed E-state index contributed by atoms with van der Waals surface area (Å²) in [6, 6.07) is 0. The largest absolute Gasteiger partial charge is 0.389 e. The van der Waals surface area contributed by atoms with Gasteiger partial charge in [0.2, 0.25) is 0 Å². The van der Waals surface area contributed by atoms with Crippen LogP contribution < -0.4 is 0 Å². The first-order valence-electron chi connectivity index (χ1n) is 5.99. The second kappa shape index (κ2) is 5.66. The molecule has 0 fully saturated rings. The maximum Gasteiger partial charge on any atom is 0.0728 e. The minimum absolute atomic E-state index is 0.240. The Labute approximate surface area is 93.3 Å². The van der Waals surface area contributed by atoms with Crippen molar-refractivity contribution in [2.45, 2.75) is 52.6 Å². The van der Waals surface area contributed by atoms with Gasteiger partial charge in [-0.05, 0) is 38.0 Å². The molecule has 0 aromatic heterocycles. The summed E-state index contributed by atoms with van der Waals surface area (Å²) in [4.78, 5) is 0. The Morgan fingerprint density at radius 3 is 2.87 bits per heavy atom. The van der Waals surface area contributed by atoms with E-state index in [1.54, 1.807) is 0 Å². The Bertz CT molecular complexity index is 219. The van der Waals surface area contributed by atoms with E-state index in [0.717, 1.165) is 38.9 Å². The zero-order valence-electron chi connectivity index (χ0n) is 10.3. The van der Waals surface area contributed by atoms with E-state index < -0.39 is 0 Å².